The third kappa shape index (κ3) is 3.32. The molecule has 1 aromatic carbocycles. The monoisotopic (exact) mass is 286 g/mol. The third-order valence-corrected chi connectivity index (χ3v) is 5.58. The smallest absolute Gasteiger partial charge is 0.0309 e. The van der Waals surface area contributed by atoms with Gasteiger partial charge in [-0.05, 0) is 37.3 Å². The van der Waals surface area contributed by atoms with Crippen LogP contribution < -0.4 is 5.32 Å². The van der Waals surface area contributed by atoms with Gasteiger partial charge in [-0.15, -0.1) is 0 Å². The molecule has 0 aromatic heterocycles. The highest BCUT2D eigenvalue weighted by atomic mass is 15.2. The maximum absolute atomic E-state index is 3.89. The van der Waals surface area contributed by atoms with Crippen LogP contribution in [0.1, 0.15) is 57.1 Å². The van der Waals surface area contributed by atoms with E-state index in [0.29, 0.717) is 11.6 Å². The highest BCUT2D eigenvalue weighted by molar-refractivity contribution is 5.27. The fourth-order valence-electron chi connectivity index (χ4n) is 4.14. The minimum Gasteiger partial charge on any atom is -0.308 e. The predicted octanol–water partition coefficient (Wildman–Crippen LogP) is 3.75. The summed E-state index contributed by atoms with van der Waals surface area (Å²) in [4.78, 5) is 2.72. The minimum absolute atomic E-state index is 0.409. The van der Waals surface area contributed by atoms with E-state index in [9.17, 15) is 0 Å². The van der Waals surface area contributed by atoms with E-state index >= 15 is 0 Å². The third-order valence-electron chi connectivity index (χ3n) is 5.58. The van der Waals surface area contributed by atoms with Gasteiger partial charge in [-0.2, -0.15) is 0 Å². The van der Waals surface area contributed by atoms with E-state index in [4.69, 9.17) is 0 Å². The molecule has 1 aliphatic carbocycles. The van der Waals surface area contributed by atoms with Crippen molar-refractivity contribution in [2.24, 2.45) is 0 Å². The Morgan fingerprint density at radius 1 is 1.14 bits per heavy atom. The van der Waals surface area contributed by atoms with Crippen molar-refractivity contribution in [3.8, 4) is 0 Å². The van der Waals surface area contributed by atoms with Gasteiger partial charge in [0.2, 0.25) is 0 Å². The summed E-state index contributed by atoms with van der Waals surface area (Å²) >= 11 is 0. The average Bonchev–Trinajstić information content (AvgIpc) is 2.53. The predicted molar refractivity (Wildman–Crippen MR) is 89.5 cm³/mol. The van der Waals surface area contributed by atoms with Crippen molar-refractivity contribution in [3.63, 3.8) is 0 Å². The molecule has 1 aromatic rings. The van der Waals surface area contributed by atoms with Crippen LogP contribution in [-0.2, 0) is 13.0 Å². The number of nitrogens with one attached hydrogen (secondary N) is 1. The van der Waals surface area contributed by atoms with Crippen LogP contribution in [0.4, 0.5) is 0 Å². The van der Waals surface area contributed by atoms with Crippen LogP contribution in [-0.4, -0.2) is 29.6 Å². The van der Waals surface area contributed by atoms with E-state index in [0.717, 1.165) is 19.5 Å². The number of benzene rings is 1. The molecule has 2 nitrogen and oxygen atoms in total. The lowest BCUT2D eigenvalue weighted by atomic mass is 9.79. The first-order valence-electron chi connectivity index (χ1n) is 8.78. The summed E-state index contributed by atoms with van der Waals surface area (Å²) in [5.74, 6) is 0. The summed E-state index contributed by atoms with van der Waals surface area (Å²) in [5, 5.41) is 3.89. The molecule has 1 N–H and O–H groups in total. The molecule has 1 atom stereocenters. The molecule has 3 rings (SSSR count). The van der Waals surface area contributed by atoms with Gasteiger partial charge in [-0.3, -0.25) is 4.90 Å². The second-order valence-corrected chi connectivity index (χ2v) is 7.10. The lowest BCUT2D eigenvalue weighted by Gasteiger charge is -2.49. The SMILES string of the molecule is CCc1ccccc1CN1CC2(CCCCC2)NCC1C. The molecule has 2 heteroatoms. The Balaban J connectivity index is 1.73. The van der Waals surface area contributed by atoms with E-state index < -0.39 is 0 Å². The molecule has 1 saturated carbocycles. The Kier molecular flexibility index (Phi) is 4.66. The Bertz CT molecular complexity index is 462. The van der Waals surface area contributed by atoms with E-state index in [2.05, 4.69) is 48.3 Å². The molecular formula is C19H30N2. The lowest BCUT2D eigenvalue weighted by molar-refractivity contribution is 0.0571. The largest absolute Gasteiger partial charge is 0.308 e. The van der Waals surface area contributed by atoms with Crippen molar-refractivity contribution in [1.82, 2.24) is 10.2 Å². The number of nitrogens with zero attached hydrogens (tertiary/aromatic N) is 1. The van der Waals surface area contributed by atoms with Gasteiger partial charge in [-0.1, -0.05) is 50.5 Å². The first-order valence-corrected chi connectivity index (χ1v) is 8.78. The fourth-order valence-corrected chi connectivity index (χ4v) is 4.14. The molecule has 116 valence electrons. The molecule has 1 saturated heterocycles. The normalized spacial score (nSPS) is 26.1. The minimum atomic E-state index is 0.409. The van der Waals surface area contributed by atoms with Crippen molar-refractivity contribution in [2.75, 3.05) is 13.1 Å². The van der Waals surface area contributed by atoms with Gasteiger partial charge in [0.25, 0.3) is 0 Å². The molecule has 21 heavy (non-hydrogen) atoms. The van der Waals surface area contributed by atoms with Crippen LogP contribution in [0.2, 0.25) is 0 Å². The zero-order chi connectivity index (χ0) is 14.7. The second kappa shape index (κ2) is 6.50. The number of aryl methyl sites for hydroxylation is 1. The lowest BCUT2D eigenvalue weighted by Crippen LogP contribution is -2.63. The van der Waals surface area contributed by atoms with Crippen molar-refractivity contribution >= 4 is 0 Å². The zero-order valence-corrected chi connectivity index (χ0v) is 13.7. The standard InChI is InChI=1S/C19H30N2/c1-3-17-9-5-6-10-18(17)14-21-15-19(20-13-16(21)2)11-7-4-8-12-19/h5-6,9-10,16,20H,3-4,7-8,11-15H2,1-2H3. The van der Waals surface area contributed by atoms with Gasteiger partial charge in [0.1, 0.15) is 0 Å². The number of hydrogen-bond acceptors (Lipinski definition) is 2. The summed E-state index contributed by atoms with van der Waals surface area (Å²) in [6.07, 6.45) is 8.11. The van der Waals surface area contributed by atoms with Gasteiger partial charge in [0, 0.05) is 31.2 Å². The number of piperazine rings is 1. The molecular weight excluding hydrogens is 256 g/mol. The van der Waals surface area contributed by atoms with Crippen LogP contribution in [0, 0.1) is 0 Å². The highest BCUT2D eigenvalue weighted by Gasteiger charge is 2.38. The van der Waals surface area contributed by atoms with Crippen LogP contribution >= 0.6 is 0 Å². The molecule has 1 unspecified atom stereocenters. The molecule has 1 aliphatic heterocycles. The van der Waals surface area contributed by atoms with Crippen molar-refractivity contribution < 1.29 is 0 Å². The Morgan fingerprint density at radius 2 is 1.86 bits per heavy atom. The van der Waals surface area contributed by atoms with Crippen LogP contribution in [0.25, 0.3) is 0 Å². The Morgan fingerprint density at radius 3 is 2.57 bits per heavy atom. The molecule has 1 spiro atoms. The fraction of sp³-hybridized carbons (Fsp3) is 0.684. The van der Waals surface area contributed by atoms with Gasteiger partial charge in [-0.25, -0.2) is 0 Å². The van der Waals surface area contributed by atoms with Crippen LogP contribution in [0.5, 0.6) is 0 Å². The van der Waals surface area contributed by atoms with E-state index in [1.165, 1.54) is 49.8 Å². The summed E-state index contributed by atoms with van der Waals surface area (Å²) in [6.45, 7) is 8.13. The molecule has 2 fully saturated rings. The molecule has 0 radical (unpaired) electrons. The molecule has 1 heterocycles. The quantitative estimate of drug-likeness (QED) is 0.910. The van der Waals surface area contributed by atoms with Crippen molar-refractivity contribution in [2.45, 2.75) is 70.5 Å². The van der Waals surface area contributed by atoms with Crippen molar-refractivity contribution in [1.29, 1.82) is 0 Å². The van der Waals surface area contributed by atoms with Gasteiger partial charge >= 0.3 is 0 Å². The van der Waals surface area contributed by atoms with E-state index in [-0.39, 0.29) is 0 Å². The zero-order valence-electron chi connectivity index (χ0n) is 13.7. The summed E-state index contributed by atoms with van der Waals surface area (Å²) in [7, 11) is 0. The Labute approximate surface area is 129 Å². The average molecular weight is 286 g/mol. The maximum atomic E-state index is 3.89. The molecule has 0 amide bonds. The van der Waals surface area contributed by atoms with E-state index in [1.54, 1.807) is 0 Å². The summed E-state index contributed by atoms with van der Waals surface area (Å²) in [5.41, 5.74) is 3.45. The molecule has 2 aliphatic rings. The topological polar surface area (TPSA) is 15.3 Å². The summed E-state index contributed by atoms with van der Waals surface area (Å²) < 4.78 is 0. The highest BCUT2D eigenvalue weighted by Crippen LogP contribution is 2.32. The van der Waals surface area contributed by atoms with Crippen molar-refractivity contribution in [3.05, 3.63) is 35.4 Å². The van der Waals surface area contributed by atoms with Gasteiger partial charge in [0.15, 0.2) is 0 Å². The van der Waals surface area contributed by atoms with E-state index in [1.807, 2.05) is 0 Å². The van der Waals surface area contributed by atoms with Crippen LogP contribution in [0.15, 0.2) is 24.3 Å². The van der Waals surface area contributed by atoms with Gasteiger partial charge in [0.05, 0.1) is 0 Å². The maximum Gasteiger partial charge on any atom is 0.0309 e. The first kappa shape index (κ1) is 15.1. The van der Waals surface area contributed by atoms with Crippen LogP contribution in [0.3, 0.4) is 0 Å². The van der Waals surface area contributed by atoms with Gasteiger partial charge < -0.3 is 5.32 Å². The first-order chi connectivity index (χ1) is 10.2. The Hall–Kier alpha value is -0.860. The number of hydrogen-bond donors (Lipinski definition) is 1. The summed E-state index contributed by atoms with van der Waals surface area (Å²) in [6, 6.07) is 9.62. The number of rotatable bonds is 3. The molecule has 0 bridgehead atoms. The second-order valence-electron chi connectivity index (χ2n) is 7.10.